The third-order valence-corrected chi connectivity index (χ3v) is 9.98. The highest BCUT2D eigenvalue weighted by molar-refractivity contribution is 7.91. The molecule has 0 atom stereocenters. The Balaban J connectivity index is 1.52. The van der Waals surface area contributed by atoms with Crippen LogP contribution in [-0.2, 0) is 24.3 Å². The van der Waals surface area contributed by atoms with E-state index >= 15 is 0 Å². The van der Waals surface area contributed by atoms with Crippen LogP contribution in [0, 0.1) is 5.92 Å². The van der Waals surface area contributed by atoms with Crippen LogP contribution < -0.4 is 5.48 Å². The Morgan fingerprint density at radius 3 is 2.30 bits per heavy atom. The van der Waals surface area contributed by atoms with Gasteiger partial charge in [0, 0.05) is 58.3 Å². The molecular weight excluding hydrogens is 446 g/mol. The Morgan fingerprint density at radius 2 is 1.70 bits per heavy atom. The number of rotatable bonds is 7. The highest BCUT2D eigenvalue weighted by atomic mass is 32.2. The Morgan fingerprint density at radius 1 is 1.06 bits per heavy atom. The van der Waals surface area contributed by atoms with E-state index in [9.17, 15) is 18.0 Å². The Hall–Kier alpha value is -1.75. The van der Waals surface area contributed by atoms with Crippen molar-refractivity contribution in [2.45, 2.75) is 68.6 Å². The maximum Gasteiger partial charge on any atom is 0.266 e. The van der Waals surface area contributed by atoms with Crippen molar-refractivity contribution < 1.29 is 28.0 Å². The molecular formula is C23H37N3O6S. The molecule has 3 aliphatic rings. The lowest BCUT2D eigenvalue weighted by Crippen LogP contribution is -2.60. The second kappa shape index (κ2) is 11.6. The van der Waals surface area contributed by atoms with Crippen molar-refractivity contribution in [3.05, 3.63) is 24.3 Å². The third kappa shape index (κ3) is 5.85. The zero-order valence-corrected chi connectivity index (χ0v) is 20.3. The summed E-state index contributed by atoms with van der Waals surface area (Å²) >= 11 is 0. The van der Waals surface area contributed by atoms with Gasteiger partial charge in [-0.25, -0.2) is 18.2 Å². The molecule has 2 aliphatic heterocycles. The number of hydroxylamine groups is 1. The van der Waals surface area contributed by atoms with Crippen LogP contribution in [0.15, 0.2) is 24.3 Å². The van der Waals surface area contributed by atoms with Gasteiger partial charge in [-0.05, 0) is 31.6 Å². The highest BCUT2D eigenvalue weighted by Gasteiger charge is 2.54. The largest absolute Gasteiger partial charge is 0.381 e. The van der Waals surface area contributed by atoms with Crippen molar-refractivity contribution in [1.29, 1.82) is 0 Å². The van der Waals surface area contributed by atoms with Gasteiger partial charge in [0.25, 0.3) is 5.91 Å². The molecule has 10 heteroatoms. The minimum atomic E-state index is -3.95. The number of amides is 2. The molecule has 0 aromatic heterocycles. The van der Waals surface area contributed by atoms with Crippen molar-refractivity contribution in [3.8, 4) is 0 Å². The van der Waals surface area contributed by atoms with Crippen molar-refractivity contribution in [2.24, 2.45) is 5.92 Å². The van der Waals surface area contributed by atoms with E-state index in [0.29, 0.717) is 32.0 Å². The van der Waals surface area contributed by atoms with Crippen LogP contribution in [0.5, 0.6) is 0 Å². The summed E-state index contributed by atoms with van der Waals surface area (Å²) in [5, 5.41) is 9.16. The molecule has 0 unspecified atom stereocenters. The summed E-state index contributed by atoms with van der Waals surface area (Å²) in [6, 6.07) is 0.332. The number of sulfonamides is 1. The molecule has 9 nitrogen and oxygen atoms in total. The minimum Gasteiger partial charge on any atom is -0.381 e. The van der Waals surface area contributed by atoms with Crippen LogP contribution in [0.25, 0.3) is 0 Å². The summed E-state index contributed by atoms with van der Waals surface area (Å²) in [4.78, 5) is 26.6. The van der Waals surface area contributed by atoms with Crippen LogP contribution in [0.4, 0.5) is 0 Å². The molecule has 1 aliphatic carbocycles. The quantitative estimate of drug-likeness (QED) is 0.248. The average Bonchev–Trinajstić information content (AvgIpc) is 2.86. The number of hydrogen-bond donors (Lipinski definition) is 2. The fourth-order valence-corrected chi connectivity index (χ4v) is 7.23. The molecule has 2 N–H and O–H groups in total. The summed E-state index contributed by atoms with van der Waals surface area (Å²) in [6.07, 6.45) is 14.3. The van der Waals surface area contributed by atoms with Crippen LogP contribution >= 0.6 is 0 Å². The molecule has 0 spiro atoms. The standard InChI is InChI=1S/C23H37N3O6S/c1-25(20-8-3-2-4-9-20)21(27)10-6-5-7-19-11-15-26(16-12-19)33(30,31)23(22(28)24-29)13-17-32-18-14-23/h5-7,10,19-20,29H,2-4,8-9,11-18H2,1H3,(H,24,28)/b7-5+,10-6+. The van der Waals surface area contributed by atoms with Gasteiger partial charge < -0.3 is 9.64 Å². The Kier molecular flexibility index (Phi) is 9.09. The van der Waals surface area contributed by atoms with Crippen LogP contribution in [0.3, 0.4) is 0 Å². The van der Waals surface area contributed by atoms with Crippen LogP contribution in [0.1, 0.15) is 57.8 Å². The molecule has 2 amide bonds. The topological polar surface area (TPSA) is 116 Å². The lowest BCUT2D eigenvalue weighted by atomic mass is 9.94. The molecule has 33 heavy (non-hydrogen) atoms. The van der Waals surface area contributed by atoms with Crippen molar-refractivity contribution in [1.82, 2.24) is 14.7 Å². The first kappa shape index (κ1) is 25.9. The predicted octanol–water partition coefficient (Wildman–Crippen LogP) is 1.99. The lowest BCUT2D eigenvalue weighted by molar-refractivity contribution is -0.134. The van der Waals surface area contributed by atoms with Gasteiger partial charge in [-0.15, -0.1) is 0 Å². The first-order valence-electron chi connectivity index (χ1n) is 12.0. The van der Waals surface area contributed by atoms with E-state index in [1.807, 2.05) is 24.1 Å². The second-order valence-corrected chi connectivity index (χ2v) is 11.5. The van der Waals surface area contributed by atoms with Gasteiger partial charge in [-0.1, -0.05) is 37.5 Å². The molecule has 0 radical (unpaired) electrons. The molecule has 3 rings (SSSR count). The molecule has 0 aromatic rings. The smallest absolute Gasteiger partial charge is 0.266 e. The number of hydrogen-bond acceptors (Lipinski definition) is 6. The van der Waals surface area contributed by atoms with Gasteiger partial charge in [-0.3, -0.25) is 14.8 Å². The Bertz CT molecular complexity index is 836. The first-order chi connectivity index (χ1) is 15.8. The normalized spacial score (nSPS) is 23.7. The van der Waals surface area contributed by atoms with Gasteiger partial charge in [0.05, 0.1) is 0 Å². The summed E-state index contributed by atoms with van der Waals surface area (Å²) in [5.41, 5.74) is 1.55. The molecule has 2 heterocycles. The first-order valence-corrected chi connectivity index (χ1v) is 13.4. The van der Waals surface area contributed by atoms with E-state index < -0.39 is 20.7 Å². The highest BCUT2D eigenvalue weighted by Crippen LogP contribution is 2.35. The van der Waals surface area contributed by atoms with Crippen molar-refractivity contribution >= 4 is 21.8 Å². The fraction of sp³-hybridized carbons (Fsp3) is 0.739. The Labute approximate surface area is 196 Å². The number of carbonyl (C=O) groups is 2. The number of nitrogens with one attached hydrogen (secondary N) is 1. The summed E-state index contributed by atoms with van der Waals surface area (Å²) < 4.78 is 31.6. The summed E-state index contributed by atoms with van der Waals surface area (Å²) in [5.74, 6) is -0.679. The second-order valence-electron chi connectivity index (χ2n) is 9.27. The number of piperidine rings is 1. The van der Waals surface area contributed by atoms with Crippen molar-refractivity contribution in [2.75, 3.05) is 33.4 Å². The van der Waals surface area contributed by atoms with E-state index in [1.54, 1.807) is 17.6 Å². The van der Waals surface area contributed by atoms with E-state index in [0.717, 1.165) is 12.8 Å². The number of ether oxygens (including phenoxy) is 1. The van der Waals surface area contributed by atoms with E-state index in [1.165, 1.54) is 23.6 Å². The van der Waals surface area contributed by atoms with Crippen LogP contribution in [-0.4, -0.2) is 78.8 Å². The number of allylic oxidation sites excluding steroid dienone is 3. The summed E-state index contributed by atoms with van der Waals surface area (Å²) in [6.45, 7) is 0.942. The predicted molar refractivity (Wildman–Crippen MR) is 124 cm³/mol. The molecule has 3 fully saturated rings. The maximum atomic E-state index is 13.3. The van der Waals surface area contributed by atoms with E-state index in [-0.39, 0.29) is 37.9 Å². The van der Waals surface area contributed by atoms with Crippen molar-refractivity contribution in [3.63, 3.8) is 0 Å². The minimum absolute atomic E-state index is 0.0105. The monoisotopic (exact) mass is 483 g/mol. The molecule has 186 valence electrons. The van der Waals surface area contributed by atoms with E-state index in [2.05, 4.69) is 0 Å². The zero-order chi connectivity index (χ0) is 23.9. The average molecular weight is 484 g/mol. The maximum absolute atomic E-state index is 13.3. The number of nitrogens with zero attached hydrogens (tertiary/aromatic N) is 2. The van der Waals surface area contributed by atoms with Gasteiger partial charge in [0.15, 0.2) is 4.75 Å². The number of carbonyl (C=O) groups excluding carboxylic acids is 2. The van der Waals surface area contributed by atoms with Gasteiger partial charge in [0.1, 0.15) is 0 Å². The number of likely N-dealkylation sites (N-methyl/N-ethyl adjacent to an activating group) is 1. The summed E-state index contributed by atoms with van der Waals surface area (Å²) in [7, 11) is -2.08. The lowest BCUT2D eigenvalue weighted by Gasteiger charge is -2.40. The SMILES string of the molecule is CN(C(=O)/C=C/C=C/C1CCN(S(=O)(=O)C2(C(=O)NO)CCOCC2)CC1)C1CCCCC1. The molecule has 0 bridgehead atoms. The third-order valence-electron chi connectivity index (χ3n) is 7.35. The van der Waals surface area contributed by atoms with Gasteiger partial charge >= 0.3 is 0 Å². The molecule has 0 aromatic carbocycles. The van der Waals surface area contributed by atoms with Gasteiger partial charge in [-0.2, -0.15) is 0 Å². The molecule has 2 saturated heterocycles. The zero-order valence-electron chi connectivity index (χ0n) is 19.4. The van der Waals surface area contributed by atoms with Crippen LogP contribution in [0.2, 0.25) is 0 Å². The fourth-order valence-electron chi connectivity index (χ4n) is 5.09. The molecule has 1 saturated carbocycles. The van der Waals surface area contributed by atoms with Gasteiger partial charge in [0.2, 0.25) is 15.9 Å². The van der Waals surface area contributed by atoms with E-state index in [4.69, 9.17) is 9.94 Å².